The Labute approximate surface area is 129 Å². The van der Waals surface area contributed by atoms with Crippen LogP contribution in [-0.2, 0) is 0 Å². The smallest absolute Gasteiger partial charge is 0.259 e. The van der Waals surface area contributed by atoms with Crippen molar-refractivity contribution >= 4 is 39.7 Å². The second-order valence-electron chi connectivity index (χ2n) is 4.20. The molecule has 0 saturated carbocycles. The fraction of sp³-hybridized carbons (Fsp3) is 0. The van der Waals surface area contributed by atoms with E-state index in [4.69, 9.17) is 0 Å². The highest BCUT2D eigenvalue weighted by atomic mass is 79.9. The molecule has 0 aliphatic rings. The molecule has 0 atom stereocenters. The van der Waals surface area contributed by atoms with E-state index in [9.17, 15) is 0 Å². The van der Waals surface area contributed by atoms with Gasteiger partial charge in [0.25, 0.3) is 0 Å². The number of anilines is 1. The monoisotopic (exact) mass is 343 g/mol. The standard InChI is InChI=1S/C14H11BrN6/c15-12(8-11-4-2-1-3-5-11)9-16-18-13-6-7-14-19-17-10-21(14)20-13/h1-10H,(H,18,20)/p+1. The molecule has 2 aromatic heterocycles. The number of aromatic nitrogens is 4. The molecule has 0 aliphatic carbocycles. The van der Waals surface area contributed by atoms with Gasteiger partial charge in [0, 0.05) is 15.6 Å². The molecular formula is C14H12BrN6+. The van der Waals surface area contributed by atoms with Crippen molar-refractivity contribution in [1.82, 2.24) is 15.3 Å². The van der Waals surface area contributed by atoms with Gasteiger partial charge in [0.2, 0.25) is 6.33 Å². The number of hydrogen-bond acceptors (Lipinski definition) is 4. The molecule has 2 heterocycles. The maximum Gasteiger partial charge on any atom is 0.325 e. The number of hydrazone groups is 1. The van der Waals surface area contributed by atoms with Crippen molar-refractivity contribution in [1.29, 1.82) is 0 Å². The van der Waals surface area contributed by atoms with E-state index in [2.05, 4.69) is 41.8 Å². The van der Waals surface area contributed by atoms with E-state index in [0.29, 0.717) is 5.82 Å². The van der Waals surface area contributed by atoms with Crippen molar-refractivity contribution in [2.75, 3.05) is 5.43 Å². The van der Waals surface area contributed by atoms with Crippen molar-refractivity contribution in [3.05, 3.63) is 58.8 Å². The van der Waals surface area contributed by atoms with Crippen molar-refractivity contribution < 1.29 is 4.52 Å². The summed E-state index contributed by atoms with van der Waals surface area (Å²) in [5.74, 6) is 0.630. The Bertz CT molecular complexity index is 793. The van der Waals surface area contributed by atoms with E-state index in [0.717, 1.165) is 15.7 Å². The van der Waals surface area contributed by atoms with E-state index in [-0.39, 0.29) is 0 Å². The lowest BCUT2D eigenvalue weighted by Gasteiger charge is -1.96. The zero-order chi connectivity index (χ0) is 14.5. The Kier molecular flexibility index (Phi) is 4.02. The first-order valence-corrected chi connectivity index (χ1v) is 7.04. The molecule has 0 saturated heterocycles. The summed E-state index contributed by atoms with van der Waals surface area (Å²) in [6, 6.07) is 13.7. The Morgan fingerprint density at radius 2 is 2.10 bits per heavy atom. The average Bonchev–Trinajstić information content (AvgIpc) is 2.96. The minimum absolute atomic E-state index is 0.630. The molecule has 0 radical (unpaired) electrons. The van der Waals surface area contributed by atoms with Gasteiger partial charge in [0.15, 0.2) is 5.82 Å². The third kappa shape index (κ3) is 3.51. The molecule has 0 spiro atoms. The van der Waals surface area contributed by atoms with Crippen LogP contribution in [0.5, 0.6) is 0 Å². The first-order chi connectivity index (χ1) is 10.3. The van der Waals surface area contributed by atoms with Crippen LogP contribution in [0.15, 0.2) is 58.4 Å². The molecule has 2 N–H and O–H groups in total. The second-order valence-corrected chi connectivity index (χ2v) is 5.12. The van der Waals surface area contributed by atoms with Gasteiger partial charge in [0.1, 0.15) is 0 Å². The van der Waals surface area contributed by atoms with Crippen LogP contribution in [0.3, 0.4) is 0 Å². The van der Waals surface area contributed by atoms with Crippen LogP contribution in [0, 0.1) is 0 Å². The first-order valence-electron chi connectivity index (χ1n) is 6.25. The van der Waals surface area contributed by atoms with Gasteiger partial charge < -0.3 is 0 Å². The van der Waals surface area contributed by atoms with Gasteiger partial charge in [-0.25, -0.2) is 0 Å². The molecule has 0 fully saturated rings. The summed E-state index contributed by atoms with van der Waals surface area (Å²) in [6.07, 6.45) is 5.32. The first kappa shape index (κ1) is 13.4. The van der Waals surface area contributed by atoms with E-state index in [1.807, 2.05) is 48.5 Å². The summed E-state index contributed by atoms with van der Waals surface area (Å²) >= 11 is 3.45. The molecule has 0 bridgehead atoms. The second kappa shape index (κ2) is 6.27. The minimum Gasteiger partial charge on any atom is -0.259 e. The molecule has 0 unspecified atom stereocenters. The van der Waals surface area contributed by atoms with Crippen molar-refractivity contribution in [3.63, 3.8) is 0 Å². The van der Waals surface area contributed by atoms with Gasteiger partial charge in [-0.1, -0.05) is 35.4 Å². The predicted molar refractivity (Wildman–Crippen MR) is 85.0 cm³/mol. The molecule has 0 aliphatic heterocycles. The lowest BCUT2D eigenvalue weighted by Crippen LogP contribution is -2.24. The number of rotatable bonds is 4. The largest absolute Gasteiger partial charge is 0.325 e. The molecule has 7 heteroatoms. The zero-order valence-electron chi connectivity index (χ0n) is 10.9. The van der Waals surface area contributed by atoms with Crippen LogP contribution in [-0.4, -0.2) is 21.5 Å². The predicted octanol–water partition coefficient (Wildman–Crippen LogP) is 2.38. The molecular weight excluding hydrogens is 332 g/mol. The van der Waals surface area contributed by atoms with Gasteiger partial charge in [-0.15, -0.1) is 9.61 Å². The molecule has 21 heavy (non-hydrogen) atoms. The highest BCUT2D eigenvalue weighted by Crippen LogP contribution is 2.10. The van der Waals surface area contributed by atoms with Crippen LogP contribution in [0.25, 0.3) is 11.7 Å². The summed E-state index contributed by atoms with van der Waals surface area (Å²) in [5.41, 5.74) is 4.71. The zero-order valence-corrected chi connectivity index (χ0v) is 12.5. The molecule has 3 aromatic rings. The lowest BCUT2D eigenvalue weighted by molar-refractivity contribution is -0.579. The third-order valence-electron chi connectivity index (χ3n) is 2.67. The summed E-state index contributed by atoms with van der Waals surface area (Å²) in [4.78, 5) is 0. The van der Waals surface area contributed by atoms with Crippen LogP contribution in [0.4, 0.5) is 5.82 Å². The quantitative estimate of drug-likeness (QED) is 0.434. The maximum atomic E-state index is 4.28. The molecule has 6 nitrogen and oxygen atoms in total. The number of halogens is 1. The Hall–Kier alpha value is -2.54. The summed E-state index contributed by atoms with van der Waals surface area (Å²) in [7, 11) is 0. The van der Waals surface area contributed by atoms with Crippen LogP contribution in [0.2, 0.25) is 0 Å². The van der Waals surface area contributed by atoms with Gasteiger partial charge >= 0.3 is 5.65 Å². The topological polar surface area (TPSA) is 70.1 Å². The van der Waals surface area contributed by atoms with Gasteiger partial charge in [-0.05, 0) is 33.6 Å². The SMILES string of the molecule is BrC(C=NNc1ccc2n[nH]c[n+]2n1)=Cc1ccccc1. The van der Waals surface area contributed by atoms with E-state index in [1.54, 1.807) is 17.1 Å². The van der Waals surface area contributed by atoms with Crippen molar-refractivity contribution in [2.45, 2.75) is 0 Å². The highest BCUT2D eigenvalue weighted by Gasteiger charge is 2.04. The van der Waals surface area contributed by atoms with Gasteiger partial charge in [-0.3, -0.25) is 5.43 Å². The minimum atomic E-state index is 0.630. The number of H-pyrrole nitrogens is 1. The van der Waals surface area contributed by atoms with Gasteiger partial charge in [0.05, 0.1) is 6.21 Å². The average molecular weight is 344 g/mol. The highest BCUT2D eigenvalue weighted by molar-refractivity contribution is 9.12. The molecule has 3 rings (SSSR count). The summed E-state index contributed by atoms with van der Waals surface area (Å²) in [5, 5.41) is 15.2. The Balaban J connectivity index is 1.67. The van der Waals surface area contributed by atoms with Crippen molar-refractivity contribution in [2.24, 2.45) is 5.10 Å². The van der Waals surface area contributed by atoms with E-state index >= 15 is 0 Å². The fourth-order valence-electron chi connectivity index (χ4n) is 1.73. The number of nitrogens with zero attached hydrogens (tertiary/aromatic N) is 4. The van der Waals surface area contributed by atoms with E-state index in [1.165, 1.54) is 0 Å². The molecule has 104 valence electrons. The Morgan fingerprint density at radius 1 is 1.24 bits per heavy atom. The Morgan fingerprint density at radius 3 is 2.95 bits per heavy atom. The number of benzene rings is 1. The number of hydrogen-bond donors (Lipinski definition) is 2. The maximum absolute atomic E-state index is 4.28. The number of fused-ring (bicyclic) bond motifs is 1. The van der Waals surface area contributed by atoms with Crippen molar-refractivity contribution in [3.8, 4) is 0 Å². The normalized spacial score (nSPS) is 12.1. The van der Waals surface area contributed by atoms with E-state index < -0.39 is 0 Å². The number of allylic oxidation sites excluding steroid dienone is 1. The van der Waals surface area contributed by atoms with Crippen LogP contribution < -0.4 is 9.94 Å². The van der Waals surface area contributed by atoms with Crippen LogP contribution in [0.1, 0.15) is 5.56 Å². The molecule has 0 amide bonds. The lowest BCUT2D eigenvalue weighted by atomic mass is 10.2. The fourth-order valence-corrected chi connectivity index (χ4v) is 2.10. The number of aromatic amines is 1. The molecule has 1 aromatic carbocycles. The summed E-state index contributed by atoms with van der Waals surface area (Å²) < 4.78 is 2.49. The van der Waals surface area contributed by atoms with Gasteiger partial charge in [-0.2, -0.15) is 5.10 Å². The van der Waals surface area contributed by atoms with Crippen LogP contribution >= 0.6 is 15.9 Å². The number of nitrogens with one attached hydrogen (secondary N) is 2. The summed E-state index contributed by atoms with van der Waals surface area (Å²) in [6.45, 7) is 0. The third-order valence-corrected chi connectivity index (χ3v) is 3.10.